The van der Waals surface area contributed by atoms with Crippen LogP contribution in [0.2, 0.25) is 0 Å². The number of aliphatic hydroxyl groups is 1. The lowest BCUT2D eigenvalue weighted by Crippen LogP contribution is -2.29. The van der Waals surface area contributed by atoms with E-state index in [-0.39, 0.29) is 11.7 Å². The van der Waals surface area contributed by atoms with Crippen molar-refractivity contribution in [1.82, 2.24) is 10.2 Å². The van der Waals surface area contributed by atoms with E-state index < -0.39 is 6.10 Å². The molecule has 2 rings (SSSR count). The number of rotatable bonds is 3. The van der Waals surface area contributed by atoms with Crippen molar-refractivity contribution in [3.63, 3.8) is 0 Å². The molecule has 1 aromatic carbocycles. The molecule has 1 fully saturated rings. The highest BCUT2D eigenvalue weighted by Gasteiger charge is 2.25. The van der Waals surface area contributed by atoms with Crippen LogP contribution in [-0.2, 0) is 6.54 Å². The van der Waals surface area contributed by atoms with Crippen molar-refractivity contribution in [3.05, 3.63) is 35.4 Å². The lowest BCUT2D eigenvalue weighted by Gasteiger charge is -2.16. The van der Waals surface area contributed by atoms with Crippen molar-refractivity contribution in [1.29, 1.82) is 0 Å². The third-order valence-corrected chi connectivity index (χ3v) is 3.17. The molecule has 5 nitrogen and oxygen atoms in total. The van der Waals surface area contributed by atoms with Crippen LogP contribution in [0.1, 0.15) is 22.3 Å². The van der Waals surface area contributed by atoms with Gasteiger partial charge in [-0.15, -0.1) is 0 Å². The van der Waals surface area contributed by atoms with Gasteiger partial charge in [0.25, 0.3) is 5.91 Å². The van der Waals surface area contributed by atoms with Gasteiger partial charge in [-0.05, 0) is 24.1 Å². The summed E-state index contributed by atoms with van der Waals surface area (Å²) in [4.78, 5) is 24.7. The molecule has 0 radical (unpaired) electrons. The Balaban J connectivity index is 2.05. The number of aliphatic hydroxyl groups excluding tert-OH is 1. The summed E-state index contributed by atoms with van der Waals surface area (Å²) >= 11 is 0. The first-order valence-electron chi connectivity index (χ1n) is 6.37. The van der Waals surface area contributed by atoms with Gasteiger partial charge >= 0.3 is 0 Å². The number of hydrogen-bond acceptors (Lipinski definition) is 3. The van der Waals surface area contributed by atoms with E-state index in [9.17, 15) is 14.7 Å². The maximum atomic E-state index is 12.2. The minimum absolute atomic E-state index is 0.0683. The summed E-state index contributed by atoms with van der Waals surface area (Å²) in [5.74, 6) is -0.166. The molecule has 1 aromatic rings. The smallest absolute Gasteiger partial charge is 0.253 e. The van der Waals surface area contributed by atoms with Crippen LogP contribution in [0.15, 0.2) is 24.3 Å². The molecule has 0 aromatic heterocycles. The standard InChI is InChI=1S/C13H17BN2O3/c14-13(19)15-7-9-2-1-3-10(6-9)12(18)16-5-4-11(17)8-16/h1-3,6,11,17H,4-5,7-8,14H2,(H,15,19)/t11-/m1/s1. The molecule has 1 heterocycles. The molecule has 1 saturated heterocycles. The fraction of sp³-hybridized carbons (Fsp3) is 0.385. The number of β-amino-alcohol motifs (C(OH)–C–C–N with tert-alkyl or cyclic N) is 1. The minimum atomic E-state index is -0.411. The van der Waals surface area contributed by atoms with Crippen LogP contribution in [0.25, 0.3) is 0 Å². The molecule has 0 bridgehead atoms. The topological polar surface area (TPSA) is 69.6 Å². The van der Waals surface area contributed by atoms with Crippen molar-refractivity contribution >= 4 is 19.6 Å². The minimum Gasteiger partial charge on any atom is -0.391 e. The number of likely N-dealkylation sites (tertiary alicyclic amines) is 1. The van der Waals surface area contributed by atoms with E-state index in [2.05, 4.69) is 5.32 Å². The van der Waals surface area contributed by atoms with Crippen LogP contribution in [0.3, 0.4) is 0 Å². The van der Waals surface area contributed by atoms with Gasteiger partial charge in [0.15, 0.2) is 5.81 Å². The highest BCUT2D eigenvalue weighted by Crippen LogP contribution is 2.14. The fourth-order valence-corrected chi connectivity index (χ4v) is 2.15. The van der Waals surface area contributed by atoms with E-state index in [4.69, 9.17) is 0 Å². The number of nitrogens with zero attached hydrogens (tertiary/aromatic N) is 1. The third-order valence-electron chi connectivity index (χ3n) is 3.17. The molecule has 19 heavy (non-hydrogen) atoms. The highest BCUT2D eigenvalue weighted by molar-refractivity contribution is 6.57. The van der Waals surface area contributed by atoms with Gasteiger partial charge in [-0.1, -0.05) is 12.1 Å². The summed E-state index contributed by atoms with van der Waals surface area (Å²) in [5, 5.41) is 12.2. The van der Waals surface area contributed by atoms with Crippen molar-refractivity contribution in [2.45, 2.75) is 19.1 Å². The summed E-state index contributed by atoms with van der Waals surface area (Å²) in [5.41, 5.74) is 1.48. The van der Waals surface area contributed by atoms with Crippen molar-refractivity contribution < 1.29 is 14.7 Å². The fourth-order valence-electron chi connectivity index (χ4n) is 2.15. The SMILES string of the molecule is BC(=O)NCc1cccc(C(=O)N2CC[C@@H](O)C2)c1. The predicted molar refractivity (Wildman–Crippen MR) is 73.7 cm³/mol. The van der Waals surface area contributed by atoms with Crippen LogP contribution in [0.4, 0.5) is 4.79 Å². The summed E-state index contributed by atoms with van der Waals surface area (Å²) < 4.78 is 0. The predicted octanol–water partition coefficient (Wildman–Crippen LogP) is -0.264. The first-order chi connectivity index (χ1) is 9.06. The van der Waals surface area contributed by atoms with Crippen LogP contribution in [-0.4, -0.2) is 48.8 Å². The Labute approximate surface area is 113 Å². The van der Waals surface area contributed by atoms with Gasteiger partial charge in [0, 0.05) is 25.2 Å². The zero-order chi connectivity index (χ0) is 13.8. The summed E-state index contributed by atoms with van der Waals surface area (Å²) in [6, 6.07) is 7.20. The normalized spacial score (nSPS) is 18.4. The molecule has 6 heteroatoms. The molecule has 1 aliphatic heterocycles. The number of amides is 2. The second kappa shape index (κ2) is 5.88. The molecule has 100 valence electrons. The molecule has 0 aliphatic carbocycles. The van der Waals surface area contributed by atoms with E-state index in [1.807, 2.05) is 6.07 Å². The van der Waals surface area contributed by atoms with Crippen molar-refractivity contribution in [2.24, 2.45) is 0 Å². The Morgan fingerprint density at radius 2 is 2.26 bits per heavy atom. The average Bonchev–Trinajstić information content (AvgIpc) is 2.82. The highest BCUT2D eigenvalue weighted by atomic mass is 16.3. The molecular formula is C13H17BN2O3. The van der Waals surface area contributed by atoms with Crippen molar-refractivity contribution in [2.75, 3.05) is 13.1 Å². The van der Waals surface area contributed by atoms with Gasteiger partial charge in [0.1, 0.15) is 0 Å². The van der Waals surface area contributed by atoms with Crippen LogP contribution in [0, 0.1) is 0 Å². The largest absolute Gasteiger partial charge is 0.391 e. The second-order valence-electron chi connectivity index (χ2n) is 4.80. The Hall–Kier alpha value is -1.82. The van der Waals surface area contributed by atoms with Crippen LogP contribution < -0.4 is 5.32 Å². The van der Waals surface area contributed by atoms with E-state index in [1.165, 1.54) is 7.85 Å². The van der Waals surface area contributed by atoms with Crippen molar-refractivity contribution in [3.8, 4) is 0 Å². The van der Waals surface area contributed by atoms with Gasteiger partial charge in [-0.3, -0.25) is 9.59 Å². The van der Waals surface area contributed by atoms with Gasteiger partial charge in [0.2, 0.25) is 7.85 Å². The van der Waals surface area contributed by atoms with E-state index in [0.29, 0.717) is 31.6 Å². The molecule has 2 amide bonds. The second-order valence-corrected chi connectivity index (χ2v) is 4.80. The van der Waals surface area contributed by atoms with Crippen LogP contribution in [0.5, 0.6) is 0 Å². The van der Waals surface area contributed by atoms with E-state index >= 15 is 0 Å². The molecule has 0 unspecified atom stereocenters. The number of carbonyl (C=O) groups is 2. The lowest BCUT2D eigenvalue weighted by molar-refractivity contribution is 0.0765. The number of carbonyl (C=O) groups excluding carboxylic acids is 2. The quantitative estimate of drug-likeness (QED) is 0.735. The number of benzene rings is 1. The molecule has 2 N–H and O–H groups in total. The zero-order valence-corrected chi connectivity index (χ0v) is 10.9. The Bertz CT molecular complexity index is 493. The number of hydrogen-bond donors (Lipinski definition) is 2. The monoisotopic (exact) mass is 260 g/mol. The Kier molecular flexibility index (Phi) is 4.22. The maximum absolute atomic E-state index is 12.2. The van der Waals surface area contributed by atoms with E-state index in [1.54, 1.807) is 23.1 Å². The Morgan fingerprint density at radius 3 is 2.89 bits per heavy atom. The van der Waals surface area contributed by atoms with Gasteiger partial charge in [-0.2, -0.15) is 0 Å². The van der Waals surface area contributed by atoms with E-state index in [0.717, 1.165) is 5.56 Å². The molecule has 0 saturated carbocycles. The van der Waals surface area contributed by atoms with Gasteiger partial charge in [-0.25, -0.2) is 0 Å². The zero-order valence-electron chi connectivity index (χ0n) is 10.9. The lowest BCUT2D eigenvalue weighted by atomic mass is 10.1. The first kappa shape index (κ1) is 13.6. The van der Waals surface area contributed by atoms with Crippen LogP contribution >= 0.6 is 0 Å². The summed E-state index contributed by atoms with van der Waals surface area (Å²) in [7, 11) is 1.46. The maximum Gasteiger partial charge on any atom is 0.253 e. The first-order valence-corrected chi connectivity index (χ1v) is 6.37. The Morgan fingerprint density at radius 1 is 1.47 bits per heavy atom. The average molecular weight is 260 g/mol. The molecule has 0 spiro atoms. The summed E-state index contributed by atoms with van der Waals surface area (Å²) in [6.45, 7) is 1.41. The molecular weight excluding hydrogens is 243 g/mol. The number of nitrogens with one attached hydrogen (secondary N) is 1. The summed E-state index contributed by atoms with van der Waals surface area (Å²) in [6.07, 6.45) is 0.226. The third kappa shape index (κ3) is 3.57. The van der Waals surface area contributed by atoms with Gasteiger partial charge < -0.3 is 15.3 Å². The van der Waals surface area contributed by atoms with Gasteiger partial charge in [0.05, 0.1) is 6.10 Å². The molecule has 1 aliphatic rings. The molecule has 1 atom stereocenters.